The molecule has 1 fully saturated rings. The minimum Gasteiger partial charge on any atom is -0.485 e. The number of carbonyl (C=O) groups excluding carboxylic acids is 1. The maximum absolute atomic E-state index is 12.3. The lowest BCUT2D eigenvalue weighted by atomic mass is 10.1. The Bertz CT molecular complexity index is 688. The molecule has 2 aromatic rings. The van der Waals surface area contributed by atoms with Crippen LogP contribution >= 0.6 is 11.6 Å². The molecular formula is C16H19ClN4O2. The fraction of sp³-hybridized carbons (Fsp3) is 0.438. The molecule has 0 bridgehead atoms. The summed E-state index contributed by atoms with van der Waals surface area (Å²) in [7, 11) is 1.85. The lowest BCUT2D eigenvalue weighted by Crippen LogP contribution is -2.43. The minimum absolute atomic E-state index is 0.0170. The summed E-state index contributed by atoms with van der Waals surface area (Å²) in [5, 5.41) is 7.67. The Balaban J connectivity index is 1.57. The Labute approximate surface area is 139 Å². The van der Waals surface area contributed by atoms with Gasteiger partial charge < -0.3 is 10.1 Å². The topological polar surface area (TPSA) is 69.0 Å². The number of nitrogens with one attached hydrogen (secondary N) is 1. The van der Waals surface area contributed by atoms with E-state index < -0.39 is 0 Å². The molecule has 2 aromatic heterocycles. The molecule has 122 valence electrons. The SMILES string of the molecule is Cn1cc(O[C@@H]2CCC[C@@H]2NC(=O)Cc2ccncc2Cl)cn1. The summed E-state index contributed by atoms with van der Waals surface area (Å²) in [6.45, 7) is 0. The van der Waals surface area contributed by atoms with Gasteiger partial charge in [0.2, 0.25) is 5.91 Å². The van der Waals surface area contributed by atoms with Crippen LogP contribution in [0.5, 0.6) is 5.75 Å². The third kappa shape index (κ3) is 4.01. The molecule has 0 spiro atoms. The normalized spacial score (nSPS) is 20.4. The number of halogens is 1. The molecule has 2 atom stereocenters. The Morgan fingerprint density at radius 3 is 3.09 bits per heavy atom. The number of amides is 1. The van der Waals surface area contributed by atoms with Crippen molar-refractivity contribution < 1.29 is 9.53 Å². The molecular weight excluding hydrogens is 316 g/mol. The van der Waals surface area contributed by atoms with Crippen LogP contribution in [-0.2, 0) is 18.3 Å². The maximum Gasteiger partial charge on any atom is 0.224 e. The Kier molecular flexibility index (Phi) is 4.81. The van der Waals surface area contributed by atoms with E-state index in [0.717, 1.165) is 30.6 Å². The number of pyridine rings is 1. The summed E-state index contributed by atoms with van der Waals surface area (Å²) in [5.74, 6) is 0.681. The largest absolute Gasteiger partial charge is 0.485 e. The molecule has 6 nitrogen and oxygen atoms in total. The van der Waals surface area contributed by atoms with Crippen LogP contribution in [0.3, 0.4) is 0 Å². The lowest BCUT2D eigenvalue weighted by molar-refractivity contribution is -0.121. The molecule has 0 saturated heterocycles. The van der Waals surface area contributed by atoms with Crippen molar-refractivity contribution in [2.24, 2.45) is 7.05 Å². The summed E-state index contributed by atoms with van der Waals surface area (Å²) in [4.78, 5) is 16.2. The van der Waals surface area contributed by atoms with Crippen molar-refractivity contribution in [2.45, 2.75) is 37.8 Å². The minimum atomic E-state index is -0.0511. The number of hydrogen-bond acceptors (Lipinski definition) is 4. The first kappa shape index (κ1) is 15.8. The molecule has 1 aliphatic rings. The second kappa shape index (κ2) is 7.00. The summed E-state index contributed by atoms with van der Waals surface area (Å²) in [6.07, 6.45) is 9.81. The first-order valence-electron chi connectivity index (χ1n) is 7.65. The van der Waals surface area contributed by atoms with Crippen LogP contribution in [0.2, 0.25) is 5.02 Å². The summed E-state index contributed by atoms with van der Waals surface area (Å²) < 4.78 is 7.65. The van der Waals surface area contributed by atoms with E-state index >= 15 is 0 Å². The quantitative estimate of drug-likeness (QED) is 0.909. The zero-order valence-electron chi connectivity index (χ0n) is 12.9. The van der Waals surface area contributed by atoms with Crippen molar-refractivity contribution in [1.29, 1.82) is 0 Å². The van der Waals surface area contributed by atoms with Crippen LogP contribution in [-0.4, -0.2) is 32.8 Å². The highest BCUT2D eigenvalue weighted by Crippen LogP contribution is 2.24. The number of ether oxygens (including phenoxy) is 1. The van der Waals surface area contributed by atoms with Crippen LogP contribution in [0.25, 0.3) is 0 Å². The molecule has 3 rings (SSSR count). The highest BCUT2D eigenvalue weighted by Gasteiger charge is 2.30. The van der Waals surface area contributed by atoms with Crippen molar-refractivity contribution in [2.75, 3.05) is 0 Å². The summed E-state index contributed by atoms with van der Waals surface area (Å²) in [6, 6.07) is 1.78. The lowest BCUT2D eigenvalue weighted by Gasteiger charge is -2.21. The van der Waals surface area contributed by atoms with E-state index in [1.807, 2.05) is 13.2 Å². The van der Waals surface area contributed by atoms with E-state index in [1.165, 1.54) is 0 Å². The molecule has 7 heteroatoms. The molecule has 1 aliphatic carbocycles. The van der Waals surface area contributed by atoms with E-state index in [1.54, 1.807) is 29.3 Å². The van der Waals surface area contributed by atoms with E-state index in [9.17, 15) is 4.79 Å². The molecule has 23 heavy (non-hydrogen) atoms. The predicted octanol–water partition coefficient (Wildman–Crippen LogP) is 2.13. The number of nitrogens with zero attached hydrogens (tertiary/aromatic N) is 3. The summed E-state index contributed by atoms with van der Waals surface area (Å²) >= 11 is 6.05. The standard InChI is InChI=1S/C16H19ClN4O2/c1-21-10-12(8-19-21)23-15-4-2-3-14(15)20-16(22)7-11-5-6-18-9-13(11)17/h5-6,8-10,14-15H,2-4,7H2,1H3,(H,20,22)/t14-,15+/m0/s1. The van der Waals surface area contributed by atoms with Gasteiger partial charge in [0.25, 0.3) is 0 Å². The van der Waals surface area contributed by atoms with E-state index in [0.29, 0.717) is 5.02 Å². The number of aromatic nitrogens is 3. The first-order chi connectivity index (χ1) is 11.1. The van der Waals surface area contributed by atoms with Crippen molar-refractivity contribution in [3.8, 4) is 5.75 Å². The Morgan fingerprint density at radius 1 is 1.48 bits per heavy atom. The van der Waals surface area contributed by atoms with E-state index in [4.69, 9.17) is 16.3 Å². The van der Waals surface area contributed by atoms with E-state index in [-0.39, 0.29) is 24.5 Å². The van der Waals surface area contributed by atoms with Crippen molar-refractivity contribution in [1.82, 2.24) is 20.1 Å². The second-order valence-corrected chi connectivity index (χ2v) is 6.16. The van der Waals surface area contributed by atoms with Gasteiger partial charge in [-0.15, -0.1) is 0 Å². The van der Waals surface area contributed by atoms with Crippen molar-refractivity contribution >= 4 is 17.5 Å². The number of rotatable bonds is 5. The second-order valence-electron chi connectivity index (χ2n) is 5.75. The van der Waals surface area contributed by atoms with Crippen molar-refractivity contribution in [3.05, 3.63) is 41.4 Å². The number of hydrogen-bond donors (Lipinski definition) is 1. The van der Waals surface area contributed by atoms with Crippen LogP contribution < -0.4 is 10.1 Å². The highest BCUT2D eigenvalue weighted by atomic mass is 35.5. The van der Waals surface area contributed by atoms with Gasteiger partial charge in [0, 0.05) is 19.4 Å². The van der Waals surface area contributed by atoms with Gasteiger partial charge in [-0.05, 0) is 30.9 Å². The fourth-order valence-electron chi connectivity index (χ4n) is 2.84. The number of aryl methyl sites for hydroxylation is 1. The molecule has 1 N–H and O–H groups in total. The van der Waals surface area contributed by atoms with Crippen LogP contribution in [0.15, 0.2) is 30.9 Å². The molecule has 1 saturated carbocycles. The van der Waals surface area contributed by atoms with Crippen molar-refractivity contribution in [3.63, 3.8) is 0 Å². The maximum atomic E-state index is 12.3. The third-order valence-corrected chi connectivity index (χ3v) is 4.32. The van der Waals surface area contributed by atoms with Crippen LogP contribution in [0.4, 0.5) is 0 Å². The van der Waals surface area contributed by atoms with Gasteiger partial charge >= 0.3 is 0 Å². The van der Waals surface area contributed by atoms with Gasteiger partial charge in [-0.3, -0.25) is 14.5 Å². The molecule has 1 amide bonds. The molecule has 0 unspecified atom stereocenters. The predicted molar refractivity (Wildman–Crippen MR) is 86.4 cm³/mol. The number of carbonyl (C=O) groups is 1. The van der Waals surface area contributed by atoms with Gasteiger partial charge in [0.15, 0.2) is 5.75 Å². The smallest absolute Gasteiger partial charge is 0.224 e. The Morgan fingerprint density at radius 2 is 2.35 bits per heavy atom. The van der Waals surface area contributed by atoms with E-state index in [2.05, 4.69) is 15.4 Å². The van der Waals surface area contributed by atoms with Crippen LogP contribution in [0, 0.1) is 0 Å². The fourth-order valence-corrected chi connectivity index (χ4v) is 3.03. The Hall–Kier alpha value is -2.08. The molecule has 0 aliphatic heterocycles. The molecule has 0 radical (unpaired) electrons. The van der Waals surface area contributed by atoms with Gasteiger partial charge in [-0.2, -0.15) is 5.10 Å². The molecule has 0 aromatic carbocycles. The zero-order valence-corrected chi connectivity index (χ0v) is 13.7. The average Bonchev–Trinajstić information content (AvgIpc) is 3.11. The molecule has 2 heterocycles. The zero-order chi connectivity index (χ0) is 16.2. The average molecular weight is 335 g/mol. The third-order valence-electron chi connectivity index (χ3n) is 3.98. The van der Waals surface area contributed by atoms with Gasteiger partial charge in [-0.1, -0.05) is 11.6 Å². The first-order valence-corrected chi connectivity index (χ1v) is 8.02. The van der Waals surface area contributed by atoms with Gasteiger partial charge in [0.1, 0.15) is 6.10 Å². The highest BCUT2D eigenvalue weighted by molar-refractivity contribution is 6.31. The summed E-state index contributed by atoms with van der Waals surface area (Å²) in [5.41, 5.74) is 0.780. The van der Waals surface area contributed by atoms with Crippen LogP contribution in [0.1, 0.15) is 24.8 Å². The van der Waals surface area contributed by atoms with Gasteiger partial charge in [-0.25, -0.2) is 0 Å². The monoisotopic (exact) mass is 334 g/mol. The van der Waals surface area contributed by atoms with Gasteiger partial charge in [0.05, 0.1) is 29.9 Å².